The first kappa shape index (κ1) is 11.9. The van der Waals surface area contributed by atoms with E-state index in [-0.39, 0.29) is 11.8 Å². The second-order valence-corrected chi connectivity index (χ2v) is 7.37. The number of nitrogens with zero attached hydrogens (tertiary/aromatic N) is 1. The summed E-state index contributed by atoms with van der Waals surface area (Å²) in [6, 6.07) is 0. The van der Waals surface area contributed by atoms with Gasteiger partial charge in [0.05, 0.1) is 0 Å². The van der Waals surface area contributed by atoms with Crippen molar-refractivity contribution in [1.29, 1.82) is 0 Å². The number of fused-ring (bicyclic) bond motifs is 4. The Morgan fingerprint density at radius 3 is 2.26 bits per heavy atom. The van der Waals surface area contributed by atoms with Gasteiger partial charge in [-0.2, -0.15) is 5.10 Å². The lowest BCUT2D eigenvalue weighted by atomic mass is 9.88. The Labute approximate surface area is 115 Å². The van der Waals surface area contributed by atoms with Gasteiger partial charge in [0.1, 0.15) is 0 Å². The molecule has 104 valence electrons. The van der Waals surface area contributed by atoms with Crippen LogP contribution in [-0.2, 0) is 4.79 Å². The van der Waals surface area contributed by atoms with Crippen LogP contribution in [0.4, 0.5) is 0 Å². The Morgan fingerprint density at radius 1 is 0.947 bits per heavy atom. The molecule has 3 nitrogen and oxygen atoms in total. The fourth-order valence-corrected chi connectivity index (χ4v) is 5.32. The minimum atomic E-state index is 0.187. The van der Waals surface area contributed by atoms with Crippen molar-refractivity contribution in [2.24, 2.45) is 40.6 Å². The minimum absolute atomic E-state index is 0.187. The Bertz CT molecular complexity index is 406. The van der Waals surface area contributed by atoms with Gasteiger partial charge in [-0.05, 0) is 68.1 Å². The van der Waals surface area contributed by atoms with Crippen LogP contribution in [0.15, 0.2) is 5.10 Å². The minimum Gasteiger partial charge on any atom is -0.273 e. The van der Waals surface area contributed by atoms with E-state index in [1.54, 1.807) is 0 Å². The molecule has 0 saturated heterocycles. The fourth-order valence-electron chi connectivity index (χ4n) is 5.32. The van der Waals surface area contributed by atoms with Crippen molar-refractivity contribution in [2.75, 3.05) is 0 Å². The quantitative estimate of drug-likeness (QED) is 0.615. The lowest BCUT2D eigenvalue weighted by Crippen LogP contribution is -2.31. The van der Waals surface area contributed by atoms with Crippen LogP contribution < -0.4 is 5.43 Å². The average Bonchev–Trinajstić information content (AvgIpc) is 3.18. The van der Waals surface area contributed by atoms with Gasteiger partial charge in [0, 0.05) is 12.1 Å². The highest BCUT2D eigenvalue weighted by atomic mass is 16.2. The number of amides is 1. The van der Waals surface area contributed by atoms with Crippen molar-refractivity contribution < 1.29 is 4.79 Å². The summed E-state index contributed by atoms with van der Waals surface area (Å²) in [5.74, 6) is 4.37. The predicted octanol–water partition coefficient (Wildman–Crippen LogP) is 2.96. The van der Waals surface area contributed by atoms with Crippen LogP contribution in [-0.4, -0.2) is 12.1 Å². The van der Waals surface area contributed by atoms with Crippen molar-refractivity contribution in [2.45, 2.75) is 51.4 Å². The van der Waals surface area contributed by atoms with Crippen molar-refractivity contribution in [3.8, 4) is 0 Å². The number of nitrogens with one attached hydrogen (secondary N) is 1. The number of carbonyl (C=O) groups is 1. The third kappa shape index (κ3) is 2.11. The molecule has 4 aliphatic carbocycles. The Hall–Kier alpha value is -0.860. The Morgan fingerprint density at radius 2 is 1.68 bits per heavy atom. The lowest BCUT2D eigenvalue weighted by Gasteiger charge is -2.20. The standard InChI is InChI=1S/C16H24N2O/c19-16(15-8-11-2-4-13(15)6-11)18-17-9-14-7-10-1-3-12(14)5-10/h9-15H,1-8H2,(H,18,19). The predicted molar refractivity (Wildman–Crippen MR) is 74.5 cm³/mol. The SMILES string of the molecule is O=C(NN=CC1CC2CCC1C2)C1CC2CCC1C2. The third-order valence-electron chi connectivity index (χ3n) is 6.31. The van der Waals surface area contributed by atoms with Gasteiger partial charge in [0.25, 0.3) is 0 Å². The van der Waals surface area contributed by atoms with Gasteiger partial charge in [-0.1, -0.05) is 12.8 Å². The molecule has 0 radical (unpaired) electrons. The summed E-state index contributed by atoms with van der Waals surface area (Å²) in [7, 11) is 0. The maximum atomic E-state index is 12.1. The Kier molecular flexibility index (Phi) is 2.89. The molecule has 4 saturated carbocycles. The lowest BCUT2D eigenvalue weighted by molar-refractivity contribution is -0.126. The maximum Gasteiger partial charge on any atom is 0.243 e. The van der Waals surface area contributed by atoms with Crippen molar-refractivity contribution in [3.05, 3.63) is 0 Å². The van der Waals surface area contributed by atoms with E-state index in [4.69, 9.17) is 0 Å². The van der Waals surface area contributed by atoms with Gasteiger partial charge in [-0.25, -0.2) is 5.43 Å². The molecular weight excluding hydrogens is 236 g/mol. The first-order chi connectivity index (χ1) is 9.29. The topological polar surface area (TPSA) is 41.5 Å². The molecular formula is C16H24N2O. The third-order valence-corrected chi connectivity index (χ3v) is 6.31. The summed E-state index contributed by atoms with van der Waals surface area (Å²) >= 11 is 0. The van der Waals surface area contributed by atoms with E-state index in [0.717, 1.165) is 24.2 Å². The van der Waals surface area contributed by atoms with E-state index < -0.39 is 0 Å². The Balaban J connectivity index is 1.29. The van der Waals surface area contributed by atoms with Gasteiger partial charge in [-0.3, -0.25) is 4.79 Å². The highest BCUT2D eigenvalue weighted by molar-refractivity contribution is 5.80. The van der Waals surface area contributed by atoms with E-state index >= 15 is 0 Å². The number of carbonyl (C=O) groups excluding carboxylic acids is 1. The summed E-state index contributed by atoms with van der Waals surface area (Å²) in [5.41, 5.74) is 2.83. The molecule has 0 aromatic heterocycles. The molecule has 4 rings (SSSR count). The van der Waals surface area contributed by atoms with Crippen molar-refractivity contribution in [1.82, 2.24) is 5.43 Å². The normalized spacial score (nSPS) is 47.4. The molecule has 0 aromatic carbocycles. The molecule has 0 aromatic rings. The monoisotopic (exact) mass is 260 g/mol. The zero-order valence-electron chi connectivity index (χ0n) is 11.6. The molecule has 0 spiro atoms. The summed E-state index contributed by atoms with van der Waals surface area (Å²) in [4.78, 5) is 12.1. The molecule has 6 unspecified atom stereocenters. The second-order valence-electron chi connectivity index (χ2n) is 7.37. The van der Waals surface area contributed by atoms with Crippen LogP contribution in [0.2, 0.25) is 0 Å². The van der Waals surface area contributed by atoms with Crippen molar-refractivity contribution in [3.63, 3.8) is 0 Å². The van der Waals surface area contributed by atoms with Crippen LogP contribution in [0.5, 0.6) is 0 Å². The molecule has 0 aliphatic heterocycles. The highest BCUT2D eigenvalue weighted by Gasteiger charge is 2.43. The zero-order chi connectivity index (χ0) is 12.8. The fraction of sp³-hybridized carbons (Fsp3) is 0.875. The first-order valence-electron chi connectivity index (χ1n) is 8.12. The molecule has 4 aliphatic rings. The van der Waals surface area contributed by atoms with E-state index in [1.165, 1.54) is 44.9 Å². The molecule has 6 atom stereocenters. The maximum absolute atomic E-state index is 12.1. The molecule has 1 N–H and O–H groups in total. The summed E-state index contributed by atoms with van der Waals surface area (Å²) in [5, 5.41) is 4.28. The van der Waals surface area contributed by atoms with Gasteiger partial charge in [-0.15, -0.1) is 0 Å². The highest BCUT2D eigenvalue weighted by Crippen LogP contribution is 2.48. The molecule has 3 heteroatoms. The summed E-state index contributed by atoms with van der Waals surface area (Å²) in [6.07, 6.45) is 12.5. The molecule has 4 fully saturated rings. The molecule has 19 heavy (non-hydrogen) atoms. The number of rotatable bonds is 3. The van der Waals surface area contributed by atoms with E-state index in [0.29, 0.717) is 11.8 Å². The van der Waals surface area contributed by atoms with Crippen LogP contribution in [0.25, 0.3) is 0 Å². The second kappa shape index (κ2) is 4.60. The van der Waals surface area contributed by atoms with Crippen LogP contribution in [0.3, 0.4) is 0 Å². The van der Waals surface area contributed by atoms with Crippen LogP contribution >= 0.6 is 0 Å². The summed E-state index contributed by atoms with van der Waals surface area (Å²) < 4.78 is 0. The number of hydrogen-bond donors (Lipinski definition) is 1. The molecule has 4 bridgehead atoms. The van der Waals surface area contributed by atoms with Gasteiger partial charge in [0.15, 0.2) is 0 Å². The number of hydrazone groups is 1. The molecule has 1 amide bonds. The van der Waals surface area contributed by atoms with Crippen LogP contribution in [0.1, 0.15) is 51.4 Å². The number of hydrogen-bond acceptors (Lipinski definition) is 2. The smallest absolute Gasteiger partial charge is 0.243 e. The van der Waals surface area contributed by atoms with E-state index in [9.17, 15) is 4.79 Å². The van der Waals surface area contributed by atoms with Gasteiger partial charge >= 0.3 is 0 Å². The van der Waals surface area contributed by atoms with E-state index in [1.807, 2.05) is 6.21 Å². The van der Waals surface area contributed by atoms with E-state index in [2.05, 4.69) is 10.5 Å². The van der Waals surface area contributed by atoms with Gasteiger partial charge < -0.3 is 0 Å². The van der Waals surface area contributed by atoms with Crippen LogP contribution in [0, 0.1) is 35.5 Å². The zero-order valence-corrected chi connectivity index (χ0v) is 11.6. The largest absolute Gasteiger partial charge is 0.273 e. The molecule has 0 heterocycles. The van der Waals surface area contributed by atoms with Crippen molar-refractivity contribution >= 4 is 12.1 Å². The average molecular weight is 260 g/mol. The first-order valence-corrected chi connectivity index (χ1v) is 8.12. The van der Waals surface area contributed by atoms with Gasteiger partial charge in [0.2, 0.25) is 5.91 Å². The summed E-state index contributed by atoms with van der Waals surface area (Å²) in [6.45, 7) is 0.